The van der Waals surface area contributed by atoms with Crippen molar-refractivity contribution in [2.24, 2.45) is 5.73 Å². The summed E-state index contributed by atoms with van der Waals surface area (Å²) in [6, 6.07) is 1.95. The first-order chi connectivity index (χ1) is 6.50. The van der Waals surface area contributed by atoms with Gasteiger partial charge in [-0.05, 0) is 19.1 Å². The predicted octanol–water partition coefficient (Wildman–Crippen LogP) is 1.00. The second-order valence-electron chi connectivity index (χ2n) is 3.01. The highest BCUT2D eigenvalue weighted by atomic mass is 19.1. The summed E-state index contributed by atoms with van der Waals surface area (Å²) in [5.74, 6) is -1.42. The minimum atomic E-state index is -0.999. The minimum absolute atomic E-state index is 0.210. The molecule has 0 spiro atoms. The van der Waals surface area contributed by atoms with Crippen LogP contribution in [0, 0.1) is 12.7 Å². The minimum Gasteiger partial charge on any atom is -0.481 e. The number of carboxylic acid groups (broad SMARTS) is 1. The predicted molar refractivity (Wildman–Crippen MR) is 48.1 cm³/mol. The number of carboxylic acids is 1. The van der Waals surface area contributed by atoms with Gasteiger partial charge in [-0.2, -0.15) is 0 Å². The van der Waals surface area contributed by atoms with Gasteiger partial charge >= 0.3 is 5.97 Å². The van der Waals surface area contributed by atoms with Gasteiger partial charge in [-0.1, -0.05) is 0 Å². The summed E-state index contributed by atoms with van der Waals surface area (Å²) in [7, 11) is 0. The lowest BCUT2D eigenvalue weighted by molar-refractivity contribution is -0.137. The van der Waals surface area contributed by atoms with E-state index in [4.69, 9.17) is 10.8 Å². The van der Waals surface area contributed by atoms with Crippen LogP contribution in [-0.4, -0.2) is 16.1 Å². The second-order valence-corrected chi connectivity index (χ2v) is 3.01. The molecule has 1 rings (SSSR count). The molecule has 0 bridgehead atoms. The molecule has 5 heteroatoms. The van der Waals surface area contributed by atoms with Crippen molar-refractivity contribution in [3.63, 3.8) is 0 Å². The Balaban J connectivity index is 2.85. The van der Waals surface area contributed by atoms with Crippen LogP contribution in [-0.2, 0) is 4.79 Å². The van der Waals surface area contributed by atoms with Gasteiger partial charge in [-0.15, -0.1) is 0 Å². The molecule has 0 saturated carbocycles. The zero-order chi connectivity index (χ0) is 10.7. The van der Waals surface area contributed by atoms with Gasteiger partial charge in [0, 0.05) is 0 Å². The topological polar surface area (TPSA) is 76.2 Å². The molecule has 0 radical (unpaired) electrons. The third-order valence-electron chi connectivity index (χ3n) is 1.82. The average Bonchev–Trinajstić information content (AvgIpc) is 2.08. The van der Waals surface area contributed by atoms with Crippen molar-refractivity contribution in [3.8, 4) is 0 Å². The Bertz CT molecular complexity index is 355. The van der Waals surface area contributed by atoms with Gasteiger partial charge in [0.2, 0.25) is 0 Å². The lowest BCUT2D eigenvalue weighted by Gasteiger charge is -2.08. The summed E-state index contributed by atoms with van der Waals surface area (Å²) in [5.41, 5.74) is 6.17. The highest BCUT2D eigenvalue weighted by Crippen LogP contribution is 2.13. The number of pyridine rings is 1. The lowest BCUT2D eigenvalue weighted by Crippen LogP contribution is -2.16. The van der Waals surface area contributed by atoms with E-state index in [9.17, 15) is 9.18 Å². The standard InChI is InChI=1S/C9H11FN2O2/c1-5-6(10)2-3-8(12-5)7(11)4-9(13)14/h2-3,7H,4,11H2,1H3,(H,13,14)/t7-/m0/s1. The smallest absolute Gasteiger partial charge is 0.305 e. The molecule has 1 aromatic rings. The fourth-order valence-corrected chi connectivity index (χ4v) is 1.06. The van der Waals surface area contributed by atoms with Crippen LogP contribution in [0.1, 0.15) is 23.9 Å². The van der Waals surface area contributed by atoms with Gasteiger partial charge in [0.1, 0.15) is 5.82 Å². The highest BCUT2D eigenvalue weighted by molar-refractivity contribution is 5.67. The number of rotatable bonds is 3. The Morgan fingerprint density at radius 2 is 2.36 bits per heavy atom. The van der Waals surface area contributed by atoms with Crippen molar-refractivity contribution < 1.29 is 14.3 Å². The van der Waals surface area contributed by atoms with Gasteiger partial charge in [0.25, 0.3) is 0 Å². The summed E-state index contributed by atoms with van der Waals surface area (Å²) in [6.07, 6.45) is -0.210. The lowest BCUT2D eigenvalue weighted by atomic mass is 10.1. The molecular weight excluding hydrogens is 187 g/mol. The van der Waals surface area contributed by atoms with E-state index in [-0.39, 0.29) is 12.1 Å². The molecule has 1 atom stereocenters. The van der Waals surface area contributed by atoms with E-state index < -0.39 is 17.8 Å². The van der Waals surface area contributed by atoms with E-state index >= 15 is 0 Å². The molecule has 0 aliphatic carbocycles. The first-order valence-electron chi connectivity index (χ1n) is 4.11. The monoisotopic (exact) mass is 198 g/mol. The van der Waals surface area contributed by atoms with E-state index in [0.717, 1.165) is 0 Å². The Kier molecular flexibility index (Phi) is 3.14. The largest absolute Gasteiger partial charge is 0.481 e. The molecule has 0 aromatic carbocycles. The molecule has 0 fully saturated rings. The number of hydrogen-bond acceptors (Lipinski definition) is 3. The van der Waals surface area contributed by atoms with E-state index in [0.29, 0.717) is 5.69 Å². The van der Waals surface area contributed by atoms with Crippen molar-refractivity contribution in [1.29, 1.82) is 0 Å². The number of hydrogen-bond donors (Lipinski definition) is 2. The van der Waals surface area contributed by atoms with Crippen molar-refractivity contribution in [2.75, 3.05) is 0 Å². The van der Waals surface area contributed by atoms with E-state index in [1.165, 1.54) is 19.1 Å². The summed E-state index contributed by atoms with van der Waals surface area (Å²) < 4.78 is 12.8. The number of aryl methyl sites for hydroxylation is 1. The summed E-state index contributed by atoms with van der Waals surface area (Å²) in [6.45, 7) is 1.51. The van der Waals surface area contributed by atoms with Crippen LogP contribution in [0.25, 0.3) is 0 Å². The zero-order valence-electron chi connectivity index (χ0n) is 7.70. The SMILES string of the molecule is Cc1nc([C@@H](N)CC(=O)O)ccc1F. The maximum atomic E-state index is 12.8. The number of nitrogens with two attached hydrogens (primary N) is 1. The zero-order valence-corrected chi connectivity index (χ0v) is 7.70. The van der Waals surface area contributed by atoms with Crippen molar-refractivity contribution in [2.45, 2.75) is 19.4 Å². The third-order valence-corrected chi connectivity index (χ3v) is 1.82. The van der Waals surface area contributed by atoms with Gasteiger partial charge in [0.05, 0.1) is 23.9 Å². The van der Waals surface area contributed by atoms with Crippen LogP contribution >= 0.6 is 0 Å². The number of aliphatic carboxylic acids is 1. The molecule has 14 heavy (non-hydrogen) atoms. The van der Waals surface area contributed by atoms with Gasteiger partial charge < -0.3 is 10.8 Å². The van der Waals surface area contributed by atoms with Crippen LogP contribution in [0.5, 0.6) is 0 Å². The average molecular weight is 198 g/mol. The molecule has 3 N–H and O–H groups in total. The van der Waals surface area contributed by atoms with E-state index in [1.54, 1.807) is 0 Å². The van der Waals surface area contributed by atoms with Crippen LogP contribution in [0.4, 0.5) is 4.39 Å². The van der Waals surface area contributed by atoms with E-state index in [2.05, 4.69) is 4.98 Å². The highest BCUT2D eigenvalue weighted by Gasteiger charge is 2.12. The fraction of sp³-hybridized carbons (Fsp3) is 0.333. The summed E-state index contributed by atoms with van der Waals surface area (Å²) >= 11 is 0. The maximum absolute atomic E-state index is 12.8. The van der Waals surface area contributed by atoms with Crippen molar-refractivity contribution >= 4 is 5.97 Å². The van der Waals surface area contributed by atoms with Gasteiger partial charge in [0.15, 0.2) is 0 Å². The number of carbonyl (C=O) groups is 1. The third kappa shape index (κ3) is 2.50. The second kappa shape index (κ2) is 4.15. The molecule has 76 valence electrons. The van der Waals surface area contributed by atoms with Crippen molar-refractivity contribution in [3.05, 3.63) is 29.3 Å². The first-order valence-corrected chi connectivity index (χ1v) is 4.11. The molecule has 0 aliphatic heterocycles. The molecule has 0 amide bonds. The normalized spacial score (nSPS) is 12.5. The van der Waals surface area contributed by atoms with Crippen LogP contribution < -0.4 is 5.73 Å². The molecule has 4 nitrogen and oxygen atoms in total. The molecule has 1 aromatic heterocycles. The van der Waals surface area contributed by atoms with Crippen molar-refractivity contribution in [1.82, 2.24) is 4.98 Å². The number of aromatic nitrogens is 1. The number of halogens is 1. The maximum Gasteiger partial charge on any atom is 0.305 e. The molecule has 0 aliphatic rings. The molecule has 0 saturated heterocycles. The van der Waals surface area contributed by atoms with E-state index in [1.807, 2.05) is 0 Å². The molecule has 1 heterocycles. The van der Waals surface area contributed by atoms with Crippen LogP contribution in [0.2, 0.25) is 0 Å². The summed E-state index contributed by atoms with van der Waals surface area (Å²) in [5, 5.41) is 8.49. The summed E-state index contributed by atoms with van der Waals surface area (Å²) in [4.78, 5) is 14.2. The molecule has 0 unspecified atom stereocenters. The Labute approximate surface area is 80.6 Å². The van der Waals surface area contributed by atoms with Crippen LogP contribution in [0.15, 0.2) is 12.1 Å². The Hall–Kier alpha value is -1.49. The Morgan fingerprint density at radius 3 is 2.86 bits per heavy atom. The molecular formula is C9H11FN2O2. The number of nitrogens with zero attached hydrogens (tertiary/aromatic N) is 1. The van der Waals surface area contributed by atoms with Gasteiger partial charge in [-0.3, -0.25) is 9.78 Å². The first kappa shape index (κ1) is 10.6. The van der Waals surface area contributed by atoms with Crippen LogP contribution in [0.3, 0.4) is 0 Å². The quantitative estimate of drug-likeness (QED) is 0.759. The fourth-order valence-electron chi connectivity index (χ4n) is 1.06. The van der Waals surface area contributed by atoms with Gasteiger partial charge in [-0.25, -0.2) is 4.39 Å². The Morgan fingerprint density at radius 1 is 1.71 bits per heavy atom.